The highest BCUT2D eigenvalue weighted by Gasteiger charge is 2.18. The Hall–Kier alpha value is -0.750. The van der Waals surface area contributed by atoms with Crippen LogP contribution in [0.1, 0.15) is 13.3 Å². The zero-order valence-electron chi connectivity index (χ0n) is 8.32. The van der Waals surface area contributed by atoms with Crippen LogP contribution in [0.4, 0.5) is 0 Å². The molecule has 4 N–H and O–H groups in total. The number of nitrogens with one attached hydrogen (secondary N) is 1. The first-order valence-electron chi connectivity index (χ1n) is 4.26. The molecule has 0 spiro atoms. The van der Waals surface area contributed by atoms with Gasteiger partial charge in [-0.15, -0.1) is 0 Å². The van der Waals surface area contributed by atoms with Crippen LogP contribution in [-0.4, -0.2) is 41.1 Å². The van der Waals surface area contributed by atoms with Crippen molar-refractivity contribution in [2.45, 2.75) is 25.4 Å². The maximum Gasteiger partial charge on any atom is 0.325 e. The number of hydrogen-bond acceptors (Lipinski definition) is 4. The van der Waals surface area contributed by atoms with Crippen LogP contribution >= 0.6 is 11.8 Å². The molecule has 0 aromatic rings. The SMILES string of the molecule is CSCC[C@H](N)C(=O)NC(C)C(=O)O. The number of rotatable bonds is 6. The van der Waals surface area contributed by atoms with Gasteiger partial charge in [-0.1, -0.05) is 0 Å². The summed E-state index contributed by atoms with van der Waals surface area (Å²) >= 11 is 1.60. The molecule has 0 saturated carbocycles. The molecule has 0 heterocycles. The van der Waals surface area contributed by atoms with Crippen molar-refractivity contribution in [3.8, 4) is 0 Å². The lowest BCUT2D eigenvalue weighted by molar-refractivity contribution is -0.141. The van der Waals surface area contributed by atoms with Gasteiger partial charge in [0.1, 0.15) is 6.04 Å². The Morgan fingerprint density at radius 3 is 2.57 bits per heavy atom. The van der Waals surface area contributed by atoms with Gasteiger partial charge >= 0.3 is 5.97 Å². The Morgan fingerprint density at radius 2 is 2.14 bits per heavy atom. The molecule has 2 atom stereocenters. The number of thioether (sulfide) groups is 1. The Bertz CT molecular complexity index is 211. The summed E-state index contributed by atoms with van der Waals surface area (Å²) in [6, 6.07) is -1.51. The van der Waals surface area contributed by atoms with Gasteiger partial charge in [0, 0.05) is 0 Å². The first-order valence-corrected chi connectivity index (χ1v) is 5.66. The minimum atomic E-state index is -1.06. The summed E-state index contributed by atoms with van der Waals surface area (Å²) in [5.74, 6) is -0.680. The van der Waals surface area contributed by atoms with Crippen molar-refractivity contribution >= 4 is 23.6 Å². The van der Waals surface area contributed by atoms with Crippen LogP contribution in [0.3, 0.4) is 0 Å². The van der Waals surface area contributed by atoms with E-state index in [0.717, 1.165) is 5.75 Å². The molecule has 0 aromatic heterocycles. The zero-order valence-corrected chi connectivity index (χ0v) is 9.13. The van der Waals surface area contributed by atoms with Gasteiger partial charge in [0.05, 0.1) is 6.04 Å². The Labute approximate surface area is 87.4 Å². The fourth-order valence-electron chi connectivity index (χ4n) is 0.758. The largest absolute Gasteiger partial charge is 0.480 e. The molecular weight excluding hydrogens is 204 g/mol. The number of aliphatic carboxylic acids is 1. The lowest BCUT2D eigenvalue weighted by Gasteiger charge is -2.13. The molecule has 0 rings (SSSR count). The lowest BCUT2D eigenvalue weighted by Crippen LogP contribution is -2.47. The molecule has 0 saturated heterocycles. The second-order valence-corrected chi connectivity index (χ2v) is 3.94. The van der Waals surface area contributed by atoms with E-state index in [1.54, 1.807) is 11.8 Å². The summed E-state index contributed by atoms with van der Waals surface area (Å²) in [5, 5.41) is 10.8. The molecule has 0 fully saturated rings. The highest BCUT2D eigenvalue weighted by Crippen LogP contribution is 1.98. The molecule has 1 unspecified atom stereocenters. The molecule has 0 aliphatic carbocycles. The van der Waals surface area contributed by atoms with E-state index in [0.29, 0.717) is 6.42 Å². The Morgan fingerprint density at radius 1 is 1.57 bits per heavy atom. The van der Waals surface area contributed by atoms with E-state index in [1.807, 2.05) is 6.26 Å². The van der Waals surface area contributed by atoms with Crippen LogP contribution in [0.15, 0.2) is 0 Å². The molecule has 14 heavy (non-hydrogen) atoms. The molecular formula is C8H16N2O3S. The van der Waals surface area contributed by atoms with E-state index in [1.165, 1.54) is 6.92 Å². The monoisotopic (exact) mass is 220 g/mol. The second kappa shape index (κ2) is 6.67. The van der Waals surface area contributed by atoms with E-state index < -0.39 is 24.0 Å². The first kappa shape index (κ1) is 13.2. The molecule has 0 aromatic carbocycles. The predicted octanol–water partition coefficient (Wildman–Crippen LogP) is -0.344. The first-order chi connectivity index (χ1) is 6.49. The van der Waals surface area contributed by atoms with Crippen molar-refractivity contribution in [3.63, 3.8) is 0 Å². The van der Waals surface area contributed by atoms with Crippen LogP contribution in [0.25, 0.3) is 0 Å². The molecule has 0 aliphatic rings. The maximum atomic E-state index is 11.3. The standard InChI is InChI=1S/C8H16N2O3S/c1-5(8(12)13)10-7(11)6(9)3-4-14-2/h5-6H,3-4,9H2,1-2H3,(H,10,11)(H,12,13)/t5?,6-/m0/s1. The summed E-state index contributed by atoms with van der Waals surface area (Å²) in [5.41, 5.74) is 5.53. The van der Waals surface area contributed by atoms with Crippen LogP contribution < -0.4 is 11.1 Å². The number of carboxylic acids is 1. The molecule has 0 bridgehead atoms. The van der Waals surface area contributed by atoms with Gasteiger partial charge in [0.25, 0.3) is 0 Å². The van der Waals surface area contributed by atoms with Gasteiger partial charge in [-0.3, -0.25) is 9.59 Å². The average Bonchev–Trinajstić information content (AvgIpc) is 2.13. The van der Waals surface area contributed by atoms with E-state index in [2.05, 4.69) is 5.32 Å². The fourth-order valence-corrected chi connectivity index (χ4v) is 1.25. The molecule has 6 heteroatoms. The minimum absolute atomic E-state index is 0.408. The minimum Gasteiger partial charge on any atom is -0.480 e. The smallest absolute Gasteiger partial charge is 0.325 e. The maximum absolute atomic E-state index is 11.3. The second-order valence-electron chi connectivity index (χ2n) is 2.96. The van der Waals surface area contributed by atoms with Gasteiger partial charge in [-0.25, -0.2) is 0 Å². The Kier molecular flexibility index (Phi) is 6.31. The highest BCUT2D eigenvalue weighted by molar-refractivity contribution is 7.98. The average molecular weight is 220 g/mol. The van der Waals surface area contributed by atoms with Crippen LogP contribution in [0, 0.1) is 0 Å². The van der Waals surface area contributed by atoms with Crippen molar-refractivity contribution in [3.05, 3.63) is 0 Å². The van der Waals surface area contributed by atoms with Crippen LogP contribution in [0.2, 0.25) is 0 Å². The summed E-state index contributed by atoms with van der Waals surface area (Å²) in [4.78, 5) is 21.7. The normalized spacial score (nSPS) is 14.5. The lowest BCUT2D eigenvalue weighted by atomic mass is 10.2. The van der Waals surface area contributed by atoms with Crippen molar-refractivity contribution < 1.29 is 14.7 Å². The molecule has 0 aliphatic heterocycles. The molecule has 5 nitrogen and oxygen atoms in total. The quantitative estimate of drug-likeness (QED) is 0.569. The predicted molar refractivity (Wildman–Crippen MR) is 56.2 cm³/mol. The number of hydrogen-bond donors (Lipinski definition) is 3. The number of carboxylic acid groups (broad SMARTS) is 1. The zero-order chi connectivity index (χ0) is 11.1. The van der Waals surface area contributed by atoms with Gasteiger partial charge < -0.3 is 16.2 Å². The molecule has 82 valence electrons. The summed E-state index contributed by atoms with van der Waals surface area (Å²) in [7, 11) is 0. The van der Waals surface area contributed by atoms with Crippen molar-refractivity contribution in [1.29, 1.82) is 0 Å². The van der Waals surface area contributed by atoms with Crippen molar-refractivity contribution in [2.24, 2.45) is 5.73 Å². The number of amides is 1. The van der Waals surface area contributed by atoms with Crippen molar-refractivity contribution in [1.82, 2.24) is 5.32 Å². The topological polar surface area (TPSA) is 92.4 Å². The third-order valence-corrected chi connectivity index (χ3v) is 2.34. The number of nitrogens with two attached hydrogens (primary N) is 1. The number of carbonyl (C=O) groups is 2. The van der Waals surface area contributed by atoms with E-state index in [4.69, 9.17) is 10.8 Å². The van der Waals surface area contributed by atoms with E-state index in [9.17, 15) is 9.59 Å². The Balaban J connectivity index is 3.88. The van der Waals surface area contributed by atoms with Gasteiger partial charge in [0.2, 0.25) is 5.91 Å². The third-order valence-electron chi connectivity index (χ3n) is 1.70. The van der Waals surface area contributed by atoms with Gasteiger partial charge in [0.15, 0.2) is 0 Å². The summed E-state index contributed by atoms with van der Waals surface area (Å²) in [6.07, 6.45) is 2.48. The number of carbonyl (C=O) groups excluding carboxylic acids is 1. The summed E-state index contributed by atoms with van der Waals surface area (Å²) < 4.78 is 0. The van der Waals surface area contributed by atoms with E-state index in [-0.39, 0.29) is 0 Å². The van der Waals surface area contributed by atoms with Gasteiger partial charge in [-0.05, 0) is 25.4 Å². The van der Waals surface area contributed by atoms with Gasteiger partial charge in [-0.2, -0.15) is 11.8 Å². The fraction of sp³-hybridized carbons (Fsp3) is 0.750. The van der Waals surface area contributed by atoms with Crippen molar-refractivity contribution in [2.75, 3.05) is 12.0 Å². The molecule has 1 amide bonds. The summed E-state index contributed by atoms with van der Waals surface area (Å²) in [6.45, 7) is 1.40. The third kappa shape index (κ3) is 5.08. The van der Waals surface area contributed by atoms with E-state index >= 15 is 0 Å². The highest BCUT2D eigenvalue weighted by atomic mass is 32.2. The van der Waals surface area contributed by atoms with Crippen LogP contribution in [0.5, 0.6) is 0 Å². The molecule has 0 radical (unpaired) electrons. The van der Waals surface area contributed by atoms with Crippen LogP contribution in [-0.2, 0) is 9.59 Å².